The zero-order valence-electron chi connectivity index (χ0n) is 13.1. The minimum absolute atomic E-state index is 0.248. The van der Waals surface area contributed by atoms with Gasteiger partial charge in [0, 0.05) is 35.4 Å². The quantitative estimate of drug-likeness (QED) is 0.645. The first-order valence-electron chi connectivity index (χ1n) is 7.35. The predicted octanol–water partition coefficient (Wildman–Crippen LogP) is 4.13. The second kappa shape index (κ2) is 7.11. The second-order valence-corrected chi connectivity index (χ2v) is 8.82. The second-order valence-electron chi connectivity index (χ2n) is 5.42. The van der Waals surface area contributed by atoms with Crippen LogP contribution in [0.1, 0.15) is 10.6 Å². The number of halogens is 1. The minimum Gasteiger partial charge on any atom is -0.353 e. The third kappa shape index (κ3) is 3.72. The van der Waals surface area contributed by atoms with Gasteiger partial charge in [-0.05, 0) is 47.8 Å². The van der Waals surface area contributed by atoms with Crippen molar-refractivity contribution in [3.8, 4) is 0 Å². The van der Waals surface area contributed by atoms with Crippen molar-refractivity contribution in [1.82, 2.24) is 8.87 Å². The van der Waals surface area contributed by atoms with Gasteiger partial charge in [-0.3, -0.25) is 0 Å². The van der Waals surface area contributed by atoms with Crippen LogP contribution in [0.2, 0.25) is 5.02 Å². The molecule has 2 heterocycles. The van der Waals surface area contributed by atoms with E-state index in [1.54, 1.807) is 35.6 Å². The molecule has 0 bridgehead atoms. The van der Waals surface area contributed by atoms with Crippen molar-refractivity contribution < 1.29 is 8.42 Å². The van der Waals surface area contributed by atoms with Crippen LogP contribution in [0.4, 0.5) is 0 Å². The van der Waals surface area contributed by atoms with Crippen molar-refractivity contribution in [2.45, 2.75) is 18.0 Å². The van der Waals surface area contributed by atoms with E-state index in [2.05, 4.69) is 0 Å². The molecule has 0 unspecified atom stereocenters. The Bertz CT molecular complexity index is 900. The van der Waals surface area contributed by atoms with Crippen LogP contribution in [0.25, 0.3) is 0 Å². The van der Waals surface area contributed by atoms with Gasteiger partial charge in [0.25, 0.3) is 0 Å². The van der Waals surface area contributed by atoms with E-state index in [4.69, 9.17) is 11.6 Å². The Morgan fingerprint density at radius 1 is 1.08 bits per heavy atom. The summed E-state index contributed by atoms with van der Waals surface area (Å²) in [6, 6.07) is 14.0. The van der Waals surface area contributed by atoms with E-state index < -0.39 is 10.0 Å². The molecule has 0 fully saturated rings. The molecule has 0 amide bonds. The van der Waals surface area contributed by atoms with Crippen LogP contribution in [0, 0.1) is 0 Å². The fourth-order valence-corrected chi connectivity index (χ4v) is 4.72. The van der Waals surface area contributed by atoms with E-state index in [0.29, 0.717) is 18.1 Å². The lowest BCUT2D eigenvalue weighted by Gasteiger charge is -2.22. The topological polar surface area (TPSA) is 42.3 Å². The minimum atomic E-state index is -3.62. The molecule has 0 aliphatic heterocycles. The molecular weight excluding hydrogens is 364 g/mol. The maximum atomic E-state index is 13.1. The molecule has 0 aliphatic rings. The van der Waals surface area contributed by atoms with Gasteiger partial charge in [0.2, 0.25) is 10.0 Å². The van der Waals surface area contributed by atoms with Crippen LogP contribution in [-0.2, 0) is 30.2 Å². The number of hydrogen-bond acceptors (Lipinski definition) is 3. The van der Waals surface area contributed by atoms with Crippen LogP contribution in [0.15, 0.2) is 65.0 Å². The average molecular weight is 381 g/mol. The summed E-state index contributed by atoms with van der Waals surface area (Å²) in [4.78, 5) is 1.25. The lowest BCUT2D eigenvalue weighted by molar-refractivity contribution is 0.395. The highest BCUT2D eigenvalue weighted by Crippen LogP contribution is 2.24. The van der Waals surface area contributed by atoms with Crippen LogP contribution in [0.5, 0.6) is 0 Å². The summed E-state index contributed by atoms with van der Waals surface area (Å²) in [5.41, 5.74) is 0.934. The molecule has 24 heavy (non-hydrogen) atoms. The first kappa shape index (κ1) is 17.2. The third-order valence-corrected chi connectivity index (χ3v) is 6.67. The van der Waals surface area contributed by atoms with Gasteiger partial charge in [0.1, 0.15) is 0 Å². The molecule has 0 spiro atoms. The number of sulfonamides is 1. The molecule has 4 nitrogen and oxygen atoms in total. The molecule has 0 N–H and O–H groups in total. The number of aryl methyl sites for hydroxylation is 1. The van der Waals surface area contributed by atoms with Crippen molar-refractivity contribution in [3.05, 3.63) is 75.7 Å². The van der Waals surface area contributed by atoms with Gasteiger partial charge in [-0.15, -0.1) is 11.3 Å². The van der Waals surface area contributed by atoms with Gasteiger partial charge in [-0.25, -0.2) is 8.42 Å². The summed E-state index contributed by atoms with van der Waals surface area (Å²) in [7, 11) is -1.71. The normalized spacial score (nSPS) is 12.0. The van der Waals surface area contributed by atoms with E-state index in [-0.39, 0.29) is 4.90 Å². The van der Waals surface area contributed by atoms with Crippen molar-refractivity contribution in [3.63, 3.8) is 0 Å². The molecule has 0 aliphatic carbocycles. The van der Waals surface area contributed by atoms with Gasteiger partial charge in [-0.1, -0.05) is 17.7 Å². The van der Waals surface area contributed by atoms with Gasteiger partial charge in [-0.2, -0.15) is 4.31 Å². The number of benzene rings is 1. The Balaban J connectivity index is 1.96. The van der Waals surface area contributed by atoms with E-state index in [1.807, 2.05) is 47.5 Å². The smallest absolute Gasteiger partial charge is 0.243 e. The summed E-state index contributed by atoms with van der Waals surface area (Å²) < 4.78 is 29.6. The summed E-state index contributed by atoms with van der Waals surface area (Å²) >= 11 is 7.43. The fourth-order valence-electron chi connectivity index (χ4n) is 2.40. The zero-order valence-corrected chi connectivity index (χ0v) is 15.5. The van der Waals surface area contributed by atoms with Crippen molar-refractivity contribution in [1.29, 1.82) is 0 Å². The summed E-state index contributed by atoms with van der Waals surface area (Å²) in [5.74, 6) is 0. The summed E-state index contributed by atoms with van der Waals surface area (Å²) in [6.07, 6.45) is 1.91. The van der Waals surface area contributed by atoms with Gasteiger partial charge in [0.05, 0.1) is 11.4 Å². The molecule has 1 aromatic carbocycles. The molecule has 126 valence electrons. The van der Waals surface area contributed by atoms with E-state index in [9.17, 15) is 8.42 Å². The standard InChI is InChI=1S/C17H17ClN2O2S2/c1-19-10-2-4-15(19)12-20(13-16-5-3-11-23-16)24(21,22)17-8-6-14(18)7-9-17/h2-11H,12-13H2,1H3. The van der Waals surface area contributed by atoms with Gasteiger partial charge in [0.15, 0.2) is 0 Å². The Hall–Kier alpha value is -1.60. The van der Waals surface area contributed by atoms with Crippen molar-refractivity contribution in [2.24, 2.45) is 7.05 Å². The molecule has 0 atom stereocenters. The monoisotopic (exact) mass is 380 g/mol. The van der Waals surface area contributed by atoms with E-state index in [0.717, 1.165) is 10.6 Å². The van der Waals surface area contributed by atoms with Crippen molar-refractivity contribution >= 4 is 33.0 Å². The maximum absolute atomic E-state index is 13.1. The number of rotatable bonds is 6. The van der Waals surface area contributed by atoms with Crippen LogP contribution < -0.4 is 0 Å². The van der Waals surface area contributed by atoms with E-state index in [1.165, 1.54) is 4.31 Å². The third-order valence-electron chi connectivity index (χ3n) is 3.75. The average Bonchev–Trinajstić information content (AvgIpc) is 3.19. The lowest BCUT2D eigenvalue weighted by Crippen LogP contribution is -2.30. The molecule has 0 radical (unpaired) electrons. The molecule has 7 heteroatoms. The van der Waals surface area contributed by atoms with Crippen LogP contribution in [0.3, 0.4) is 0 Å². The first-order chi connectivity index (χ1) is 11.5. The summed E-state index contributed by atoms with van der Waals surface area (Å²) in [5, 5.41) is 2.46. The Labute approximate surface area is 151 Å². The predicted molar refractivity (Wildman–Crippen MR) is 97.6 cm³/mol. The lowest BCUT2D eigenvalue weighted by atomic mass is 10.4. The Kier molecular flexibility index (Phi) is 5.10. The maximum Gasteiger partial charge on any atom is 0.243 e. The molecular formula is C17H17ClN2O2S2. The SMILES string of the molecule is Cn1cccc1CN(Cc1cccs1)S(=O)(=O)c1ccc(Cl)cc1. The zero-order chi connectivity index (χ0) is 17.2. The number of aromatic nitrogens is 1. The summed E-state index contributed by atoms with van der Waals surface area (Å²) in [6.45, 7) is 0.653. The van der Waals surface area contributed by atoms with Gasteiger partial charge < -0.3 is 4.57 Å². The highest BCUT2D eigenvalue weighted by atomic mass is 35.5. The molecule has 2 aromatic heterocycles. The fraction of sp³-hybridized carbons (Fsp3) is 0.176. The van der Waals surface area contributed by atoms with Crippen LogP contribution in [-0.4, -0.2) is 17.3 Å². The molecule has 3 aromatic rings. The number of nitrogens with zero attached hydrogens (tertiary/aromatic N) is 2. The molecule has 0 saturated carbocycles. The molecule has 0 saturated heterocycles. The molecule has 3 rings (SSSR count). The van der Waals surface area contributed by atoms with Crippen LogP contribution >= 0.6 is 22.9 Å². The first-order valence-corrected chi connectivity index (χ1v) is 10.0. The van der Waals surface area contributed by atoms with Gasteiger partial charge >= 0.3 is 0 Å². The highest BCUT2D eigenvalue weighted by molar-refractivity contribution is 7.89. The number of thiophene rings is 1. The van der Waals surface area contributed by atoms with E-state index >= 15 is 0 Å². The number of hydrogen-bond donors (Lipinski definition) is 0. The largest absolute Gasteiger partial charge is 0.353 e. The Morgan fingerprint density at radius 2 is 1.83 bits per heavy atom. The van der Waals surface area contributed by atoms with Crippen molar-refractivity contribution in [2.75, 3.05) is 0 Å². The Morgan fingerprint density at radius 3 is 2.42 bits per heavy atom. The highest BCUT2D eigenvalue weighted by Gasteiger charge is 2.26.